The summed E-state index contributed by atoms with van der Waals surface area (Å²) < 4.78 is 0. The third kappa shape index (κ3) is 3.23. The minimum atomic E-state index is -0.505. The zero-order valence-corrected chi connectivity index (χ0v) is 13.2. The molecule has 22 heavy (non-hydrogen) atoms. The predicted molar refractivity (Wildman–Crippen MR) is 90.6 cm³/mol. The van der Waals surface area contributed by atoms with E-state index in [1.54, 1.807) is 0 Å². The van der Waals surface area contributed by atoms with Gasteiger partial charge in [0.25, 0.3) is 0 Å². The molecule has 2 nitrogen and oxygen atoms in total. The molecule has 0 heterocycles. The molecule has 2 heteroatoms. The fourth-order valence-corrected chi connectivity index (χ4v) is 3.66. The highest BCUT2D eigenvalue weighted by molar-refractivity contribution is 5.26. The minimum Gasteiger partial charge on any atom is -0.386 e. The smallest absolute Gasteiger partial charge is 0.0986 e. The molecular formula is C20H25NO. The highest BCUT2D eigenvalue weighted by atomic mass is 16.3. The van der Waals surface area contributed by atoms with Gasteiger partial charge in [0.05, 0.1) is 12.1 Å². The lowest BCUT2D eigenvalue weighted by molar-refractivity contribution is 0.0395. The molecule has 1 aliphatic carbocycles. The van der Waals surface area contributed by atoms with Gasteiger partial charge in [0.15, 0.2) is 0 Å². The van der Waals surface area contributed by atoms with E-state index in [9.17, 15) is 5.11 Å². The van der Waals surface area contributed by atoms with Crippen molar-refractivity contribution >= 4 is 0 Å². The zero-order valence-electron chi connectivity index (χ0n) is 13.2. The van der Waals surface area contributed by atoms with Gasteiger partial charge >= 0.3 is 0 Å². The van der Waals surface area contributed by atoms with Crippen LogP contribution in [0.3, 0.4) is 0 Å². The molecule has 0 saturated heterocycles. The lowest BCUT2D eigenvalue weighted by Crippen LogP contribution is -2.36. The van der Waals surface area contributed by atoms with Crippen molar-refractivity contribution in [2.45, 2.75) is 43.9 Å². The molecule has 0 aromatic heterocycles. The van der Waals surface area contributed by atoms with Gasteiger partial charge in [-0.3, -0.25) is 4.90 Å². The molecule has 0 amide bonds. The van der Waals surface area contributed by atoms with Crippen LogP contribution in [0.15, 0.2) is 60.7 Å². The van der Waals surface area contributed by atoms with E-state index >= 15 is 0 Å². The van der Waals surface area contributed by atoms with Gasteiger partial charge in [-0.2, -0.15) is 0 Å². The Labute approximate surface area is 133 Å². The maximum atomic E-state index is 11.0. The van der Waals surface area contributed by atoms with Crippen molar-refractivity contribution in [3.63, 3.8) is 0 Å². The highest BCUT2D eigenvalue weighted by Gasteiger charge is 2.32. The maximum Gasteiger partial charge on any atom is 0.0986 e. The van der Waals surface area contributed by atoms with Crippen molar-refractivity contribution in [1.29, 1.82) is 0 Å². The van der Waals surface area contributed by atoms with Crippen LogP contribution >= 0.6 is 0 Å². The molecule has 0 aliphatic heterocycles. The van der Waals surface area contributed by atoms with Crippen molar-refractivity contribution in [3.8, 4) is 0 Å². The van der Waals surface area contributed by atoms with Crippen molar-refractivity contribution in [3.05, 3.63) is 71.8 Å². The number of aliphatic hydroxyl groups is 1. The summed E-state index contributed by atoms with van der Waals surface area (Å²) >= 11 is 0. The predicted octanol–water partition coefficient (Wildman–Crippen LogP) is 4.34. The number of rotatable bonds is 5. The summed E-state index contributed by atoms with van der Waals surface area (Å²) in [7, 11) is 2.17. The summed E-state index contributed by atoms with van der Waals surface area (Å²) in [6.45, 7) is 0. The van der Waals surface area contributed by atoms with Crippen molar-refractivity contribution in [2.75, 3.05) is 7.05 Å². The summed E-state index contributed by atoms with van der Waals surface area (Å²) in [6.07, 6.45) is 4.58. The van der Waals surface area contributed by atoms with E-state index in [-0.39, 0.29) is 6.04 Å². The Hall–Kier alpha value is -1.64. The Bertz CT molecular complexity index is 563. The molecule has 0 bridgehead atoms. The summed E-state index contributed by atoms with van der Waals surface area (Å²) in [5.41, 5.74) is 2.18. The summed E-state index contributed by atoms with van der Waals surface area (Å²) in [5, 5.41) is 11.0. The summed E-state index contributed by atoms with van der Waals surface area (Å²) in [5.74, 6) is 0. The van der Waals surface area contributed by atoms with Crippen molar-refractivity contribution < 1.29 is 5.11 Å². The highest BCUT2D eigenvalue weighted by Crippen LogP contribution is 2.37. The molecular weight excluding hydrogens is 270 g/mol. The number of hydrogen-bond donors (Lipinski definition) is 1. The molecule has 0 unspecified atom stereocenters. The first-order valence-corrected chi connectivity index (χ1v) is 8.27. The van der Waals surface area contributed by atoms with E-state index in [0.29, 0.717) is 6.04 Å². The van der Waals surface area contributed by atoms with Crippen LogP contribution in [0.4, 0.5) is 0 Å². The first-order chi connectivity index (χ1) is 10.8. The summed E-state index contributed by atoms with van der Waals surface area (Å²) in [6, 6.07) is 21.0. The maximum absolute atomic E-state index is 11.0. The van der Waals surface area contributed by atoms with Crippen LogP contribution in [0, 0.1) is 0 Å². The number of likely N-dealkylation sites (N-methyl/N-ethyl adjacent to an activating group) is 1. The van der Waals surface area contributed by atoms with Gasteiger partial charge in [-0.15, -0.1) is 0 Å². The molecule has 2 aromatic carbocycles. The standard InChI is InChI=1S/C20H25NO/c1-21(18-14-8-9-15-18)19(16-10-4-2-5-11-16)20(22)17-12-6-3-7-13-17/h2-7,10-13,18-20,22H,8-9,14-15H2,1H3/t19-,20+/m0/s1. The van der Waals surface area contributed by atoms with E-state index in [4.69, 9.17) is 0 Å². The number of aliphatic hydroxyl groups excluding tert-OH is 1. The van der Waals surface area contributed by atoms with Crippen LogP contribution < -0.4 is 0 Å². The summed E-state index contributed by atoms with van der Waals surface area (Å²) in [4.78, 5) is 2.39. The number of benzene rings is 2. The topological polar surface area (TPSA) is 23.5 Å². The molecule has 116 valence electrons. The van der Waals surface area contributed by atoms with E-state index in [0.717, 1.165) is 5.56 Å². The van der Waals surface area contributed by atoms with E-state index in [1.165, 1.54) is 31.2 Å². The Kier molecular flexibility index (Phi) is 4.91. The Balaban J connectivity index is 1.92. The van der Waals surface area contributed by atoms with E-state index in [1.807, 2.05) is 36.4 Å². The van der Waals surface area contributed by atoms with Crippen LogP contribution in [0.25, 0.3) is 0 Å². The Morgan fingerprint density at radius 3 is 1.91 bits per heavy atom. The average molecular weight is 295 g/mol. The van der Waals surface area contributed by atoms with E-state index in [2.05, 4.69) is 36.2 Å². The third-order valence-corrected chi connectivity index (χ3v) is 4.92. The van der Waals surface area contributed by atoms with Gasteiger partial charge in [0.2, 0.25) is 0 Å². The fourth-order valence-electron chi connectivity index (χ4n) is 3.66. The fraction of sp³-hybridized carbons (Fsp3) is 0.400. The van der Waals surface area contributed by atoms with Crippen LogP contribution in [-0.2, 0) is 0 Å². The lowest BCUT2D eigenvalue weighted by atomic mass is 9.93. The number of hydrogen-bond acceptors (Lipinski definition) is 2. The first kappa shape index (κ1) is 15.3. The van der Waals surface area contributed by atoms with Crippen LogP contribution in [0.2, 0.25) is 0 Å². The van der Waals surface area contributed by atoms with Crippen LogP contribution in [0.5, 0.6) is 0 Å². The first-order valence-electron chi connectivity index (χ1n) is 8.27. The second kappa shape index (κ2) is 7.08. The van der Waals surface area contributed by atoms with Crippen LogP contribution in [-0.4, -0.2) is 23.1 Å². The molecule has 1 N–H and O–H groups in total. The number of nitrogens with zero attached hydrogens (tertiary/aromatic N) is 1. The van der Waals surface area contributed by atoms with Crippen LogP contribution in [0.1, 0.15) is 49.0 Å². The van der Waals surface area contributed by atoms with Gasteiger partial charge in [-0.05, 0) is 31.0 Å². The molecule has 1 saturated carbocycles. The average Bonchev–Trinajstić information content (AvgIpc) is 3.11. The minimum absolute atomic E-state index is 0.00620. The molecule has 3 rings (SSSR count). The molecule has 0 spiro atoms. The van der Waals surface area contributed by atoms with Gasteiger partial charge in [0.1, 0.15) is 0 Å². The molecule has 1 aliphatic rings. The lowest BCUT2D eigenvalue weighted by Gasteiger charge is -2.36. The molecule has 1 fully saturated rings. The second-order valence-electron chi connectivity index (χ2n) is 6.31. The Morgan fingerprint density at radius 2 is 1.36 bits per heavy atom. The van der Waals surface area contributed by atoms with Gasteiger partial charge in [0, 0.05) is 6.04 Å². The van der Waals surface area contributed by atoms with E-state index < -0.39 is 6.10 Å². The third-order valence-electron chi connectivity index (χ3n) is 4.92. The second-order valence-corrected chi connectivity index (χ2v) is 6.31. The van der Waals surface area contributed by atoms with Gasteiger partial charge in [-0.25, -0.2) is 0 Å². The SMILES string of the molecule is CN(C1CCCC1)[C@@H](c1ccccc1)[C@H](O)c1ccccc1. The van der Waals surface area contributed by atoms with Gasteiger partial charge in [-0.1, -0.05) is 73.5 Å². The monoisotopic (exact) mass is 295 g/mol. The molecule has 0 radical (unpaired) electrons. The zero-order chi connectivity index (χ0) is 15.4. The van der Waals surface area contributed by atoms with Crippen molar-refractivity contribution in [2.24, 2.45) is 0 Å². The van der Waals surface area contributed by atoms with Gasteiger partial charge < -0.3 is 5.11 Å². The molecule has 2 aromatic rings. The Morgan fingerprint density at radius 1 is 0.864 bits per heavy atom. The molecule has 2 atom stereocenters. The largest absolute Gasteiger partial charge is 0.386 e. The normalized spacial score (nSPS) is 18.5. The van der Waals surface area contributed by atoms with Crippen molar-refractivity contribution in [1.82, 2.24) is 4.90 Å². The quantitative estimate of drug-likeness (QED) is 0.887.